The van der Waals surface area contributed by atoms with Gasteiger partial charge in [0.15, 0.2) is 0 Å². The lowest BCUT2D eigenvalue weighted by Crippen LogP contribution is -2.09. The summed E-state index contributed by atoms with van der Waals surface area (Å²) in [5.41, 5.74) is -0.446. The first-order valence-electron chi connectivity index (χ1n) is 4.57. The van der Waals surface area contributed by atoms with Gasteiger partial charge in [-0.15, -0.1) is 0 Å². The molecule has 0 aliphatic rings. The van der Waals surface area contributed by atoms with Crippen LogP contribution >= 0.6 is 0 Å². The molecule has 0 fully saturated rings. The van der Waals surface area contributed by atoms with Gasteiger partial charge in [0.1, 0.15) is 12.2 Å². The van der Waals surface area contributed by atoms with Crippen LogP contribution < -0.4 is 0 Å². The van der Waals surface area contributed by atoms with Gasteiger partial charge in [-0.05, 0) is 11.6 Å². The predicted octanol–water partition coefficient (Wildman–Crippen LogP) is 2.41. The van der Waals surface area contributed by atoms with E-state index in [1.165, 1.54) is 18.5 Å². The van der Waals surface area contributed by atoms with Gasteiger partial charge in [0, 0.05) is 6.42 Å². The minimum Gasteiger partial charge on any atom is -0.263 e. The average molecular weight is 227 g/mol. The number of nitrogens with zero attached hydrogens (tertiary/aromatic N) is 2. The number of H-pyrrole nitrogens is 1. The molecule has 1 aromatic carbocycles. The fourth-order valence-electron chi connectivity index (χ4n) is 1.45. The predicted molar refractivity (Wildman–Crippen MR) is 50.6 cm³/mol. The number of alkyl halides is 3. The van der Waals surface area contributed by atoms with E-state index in [-0.39, 0.29) is 12.0 Å². The third-order valence-corrected chi connectivity index (χ3v) is 2.15. The Bertz CT molecular complexity index is 462. The molecule has 0 aliphatic carbocycles. The van der Waals surface area contributed by atoms with E-state index >= 15 is 0 Å². The first-order valence-corrected chi connectivity index (χ1v) is 4.57. The van der Waals surface area contributed by atoms with Crippen LogP contribution in [-0.2, 0) is 12.6 Å². The van der Waals surface area contributed by atoms with Gasteiger partial charge in [-0.2, -0.15) is 18.3 Å². The summed E-state index contributed by atoms with van der Waals surface area (Å²) in [6.45, 7) is 0. The van der Waals surface area contributed by atoms with Crippen LogP contribution in [0.25, 0.3) is 0 Å². The Morgan fingerprint density at radius 2 is 1.94 bits per heavy atom. The van der Waals surface area contributed by atoms with Crippen LogP contribution in [0.1, 0.15) is 17.0 Å². The van der Waals surface area contributed by atoms with E-state index in [1.807, 2.05) is 0 Å². The van der Waals surface area contributed by atoms with Gasteiger partial charge in [0.2, 0.25) is 0 Å². The summed E-state index contributed by atoms with van der Waals surface area (Å²) in [6, 6.07) is 5.44. The Morgan fingerprint density at radius 1 is 1.19 bits per heavy atom. The zero-order valence-electron chi connectivity index (χ0n) is 8.12. The standard InChI is InChI=1S/C10H8F3N3/c11-10(12,13)8-4-2-1-3-7(8)5-9-14-6-15-16-9/h1-4,6H,5H2,(H,14,15,16). The average Bonchev–Trinajstić information content (AvgIpc) is 2.70. The van der Waals surface area contributed by atoms with Crippen LogP contribution in [-0.4, -0.2) is 15.2 Å². The van der Waals surface area contributed by atoms with Gasteiger partial charge in [0.25, 0.3) is 0 Å². The number of aromatic amines is 1. The summed E-state index contributed by atoms with van der Waals surface area (Å²) in [4.78, 5) is 3.80. The number of aromatic nitrogens is 3. The first kappa shape index (κ1) is 10.7. The molecule has 16 heavy (non-hydrogen) atoms. The number of halogens is 3. The largest absolute Gasteiger partial charge is 0.416 e. The molecule has 6 heteroatoms. The molecule has 0 bridgehead atoms. The third kappa shape index (κ3) is 2.21. The zero-order valence-corrected chi connectivity index (χ0v) is 8.12. The second kappa shape index (κ2) is 3.96. The van der Waals surface area contributed by atoms with Crippen molar-refractivity contribution in [2.45, 2.75) is 12.6 Å². The molecule has 0 saturated heterocycles. The SMILES string of the molecule is FC(F)(F)c1ccccc1Cc1ncn[nH]1. The Balaban J connectivity index is 2.34. The molecule has 0 amide bonds. The summed E-state index contributed by atoms with van der Waals surface area (Å²) < 4.78 is 37.9. The minimum absolute atomic E-state index is 0.0929. The molecule has 0 unspecified atom stereocenters. The van der Waals surface area contributed by atoms with Crippen LogP contribution in [0.4, 0.5) is 13.2 Å². The van der Waals surface area contributed by atoms with Crippen molar-refractivity contribution < 1.29 is 13.2 Å². The quantitative estimate of drug-likeness (QED) is 0.855. The summed E-state index contributed by atoms with van der Waals surface area (Å²) in [6.07, 6.45) is -2.97. The van der Waals surface area contributed by atoms with Crippen molar-refractivity contribution in [2.75, 3.05) is 0 Å². The van der Waals surface area contributed by atoms with Crippen LogP contribution in [0.5, 0.6) is 0 Å². The summed E-state index contributed by atoms with van der Waals surface area (Å²) in [5.74, 6) is 0.414. The van der Waals surface area contributed by atoms with E-state index < -0.39 is 11.7 Å². The molecule has 1 aromatic heterocycles. The Labute approximate surface area is 89.3 Å². The fourth-order valence-corrected chi connectivity index (χ4v) is 1.45. The lowest BCUT2D eigenvalue weighted by molar-refractivity contribution is -0.138. The monoisotopic (exact) mass is 227 g/mol. The molecule has 0 saturated carbocycles. The molecule has 1 N–H and O–H groups in total. The maximum atomic E-state index is 12.6. The number of nitrogens with one attached hydrogen (secondary N) is 1. The topological polar surface area (TPSA) is 41.6 Å². The Morgan fingerprint density at radius 3 is 2.56 bits per heavy atom. The molecule has 0 radical (unpaired) electrons. The van der Waals surface area contributed by atoms with Gasteiger partial charge in [-0.3, -0.25) is 5.10 Å². The lowest BCUT2D eigenvalue weighted by atomic mass is 10.0. The Kier molecular flexibility index (Phi) is 2.64. The van der Waals surface area contributed by atoms with Crippen molar-refractivity contribution in [3.8, 4) is 0 Å². The number of rotatable bonds is 2. The van der Waals surface area contributed by atoms with Crippen molar-refractivity contribution in [1.29, 1.82) is 0 Å². The zero-order chi connectivity index (χ0) is 11.6. The summed E-state index contributed by atoms with van der Waals surface area (Å²) in [7, 11) is 0. The van der Waals surface area contributed by atoms with E-state index in [9.17, 15) is 13.2 Å². The van der Waals surface area contributed by atoms with Crippen molar-refractivity contribution in [2.24, 2.45) is 0 Å². The van der Waals surface area contributed by atoms with Crippen LogP contribution in [0.15, 0.2) is 30.6 Å². The second-order valence-corrected chi connectivity index (χ2v) is 3.26. The summed E-state index contributed by atoms with van der Waals surface area (Å²) in [5, 5.41) is 6.13. The number of hydrogen-bond donors (Lipinski definition) is 1. The lowest BCUT2D eigenvalue weighted by Gasteiger charge is -2.11. The summed E-state index contributed by atoms with van der Waals surface area (Å²) >= 11 is 0. The van der Waals surface area contributed by atoms with Crippen LogP contribution in [0, 0.1) is 0 Å². The maximum Gasteiger partial charge on any atom is 0.416 e. The Hall–Kier alpha value is -1.85. The minimum atomic E-state index is -4.34. The normalized spacial score (nSPS) is 11.7. The maximum absolute atomic E-state index is 12.6. The van der Waals surface area contributed by atoms with Crippen LogP contribution in [0.3, 0.4) is 0 Å². The molecule has 84 valence electrons. The fraction of sp³-hybridized carbons (Fsp3) is 0.200. The second-order valence-electron chi connectivity index (χ2n) is 3.26. The van der Waals surface area contributed by atoms with Gasteiger partial charge >= 0.3 is 6.18 Å². The van der Waals surface area contributed by atoms with E-state index in [4.69, 9.17) is 0 Å². The highest BCUT2D eigenvalue weighted by atomic mass is 19.4. The molecular formula is C10H8F3N3. The van der Waals surface area contributed by atoms with Crippen LogP contribution in [0.2, 0.25) is 0 Å². The number of hydrogen-bond acceptors (Lipinski definition) is 2. The first-order chi connectivity index (χ1) is 7.57. The molecule has 1 heterocycles. The van der Waals surface area contributed by atoms with Crippen molar-refractivity contribution in [3.05, 3.63) is 47.5 Å². The van der Waals surface area contributed by atoms with E-state index in [1.54, 1.807) is 6.07 Å². The molecule has 0 spiro atoms. The molecule has 2 rings (SSSR count). The highest BCUT2D eigenvalue weighted by Gasteiger charge is 2.32. The van der Waals surface area contributed by atoms with Crippen molar-refractivity contribution >= 4 is 0 Å². The van der Waals surface area contributed by atoms with Gasteiger partial charge in [-0.1, -0.05) is 18.2 Å². The van der Waals surface area contributed by atoms with E-state index in [2.05, 4.69) is 15.2 Å². The highest BCUT2D eigenvalue weighted by molar-refractivity contribution is 5.31. The molecule has 3 nitrogen and oxygen atoms in total. The van der Waals surface area contributed by atoms with Crippen molar-refractivity contribution in [1.82, 2.24) is 15.2 Å². The smallest absolute Gasteiger partial charge is 0.263 e. The van der Waals surface area contributed by atoms with Gasteiger partial charge in [-0.25, -0.2) is 4.98 Å². The molecule has 0 aliphatic heterocycles. The third-order valence-electron chi connectivity index (χ3n) is 2.15. The molecule has 2 aromatic rings. The molecule has 0 atom stereocenters. The van der Waals surface area contributed by atoms with Gasteiger partial charge < -0.3 is 0 Å². The number of benzene rings is 1. The van der Waals surface area contributed by atoms with Gasteiger partial charge in [0.05, 0.1) is 5.56 Å². The van der Waals surface area contributed by atoms with E-state index in [0.29, 0.717) is 5.82 Å². The van der Waals surface area contributed by atoms with Crippen molar-refractivity contribution in [3.63, 3.8) is 0 Å². The highest BCUT2D eigenvalue weighted by Crippen LogP contribution is 2.32. The molecular weight excluding hydrogens is 219 g/mol. The van der Waals surface area contributed by atoms with E-state index in [0.717, 1.165) is 6.07 Å².